The van der Waals surface area contributed by atoms with E-state index < -0.39 is 23.9 Å². The SMILES string of the molecule is CCCCOC(=O)C(Cc1ccc(Cl)c(NC(=O)[C@H](c2ccc(Cl)cc2)[C@@H](C)C(F)(F)F)c1)C1CC1. The third-order valence-corrected chi connectivity index (χ3v) is 7.09. The summed E-state index contributed by atoms with van der Waals surface area (Å²) in [5.41, 5.74) is 1.13. The van der Waals surface area contributed by atoms with E-state index in [1.807, 2.05) is 6.92 Å². The minimum atomic E-state index is -4.59. The maximum Gasteiger partial charge on any atom is 0.392 e. The van der Waals surface area contributed by atoms with Crippen molar-refractivity contribution < 1.29 is 27.5 Å². The van der Waals surface area contributed by atoms with Gasteiger partial charge in [0.2, 0.25) is 5.91 Å². The summed E-state index contributed by atoms with van der Waals surface area (Å²) < 4.78 is 46.4. The molecule has 2 aromatic rings. The number of carbonyl (C=O) groups excluding carboxylic acids is 2. The molecule has 0 spiro atoms. The number of unbranched alkanes of at least 4 members (excludes halogenated alkanes) is 1. The molecular formula is C27H30Cl2F3NO3. The first-order chi connectivity index (χ1) is 17.0. The molecule has 2 aromatic carbocycles. The van der Waals surface area contributed by atoms with Gasteiger partial charge in [-0.25, -0.2) is 0 Å². The molecule has 36 heavy (non-hydrogen) atoms. The lowest BCUT2D eigenvalue weighted by molar-refractivity contribution is -0.178. The van der Waals surface area contributed by atoms with E-state index in [2.05, 4.69) is 5.32 Å². The highest BCUT2D eigenvalue weighted by molar-refractivity contribution is 6.33. The fraction of sp³-hybridized carbons (Fsp3) is 0.481. The molecule has 0 saturated heterocycles. The van der Waals surface area contributed by atoms with Crippen LogP contribution in [0.5, 0.6) is 0 Å². The van der Waals surface area contributed by atoms with E-state index in [0.29, 0.717) is 18.1 Å². The number of hydrogen-bond donors (Lipinski definition) is 1. The average Bonchev–Trinajstić information content (AvgIpc) is 3.65. The Hall–Kier alpha value is -2.25. The van der Waals surface area contributed by atoms with E-state index in [0.717, 1.165) is 38.2 Å². The predicted octanol–water partition coefficient (Wildman–Crippen LogP) is 7.83. The standard InChI is InChI=1S/C27H30Cl2F3NO3/c1-3-4-13-36-26(35)21(18-6-7-18)14-17-5-12-22(29)23(15-17)33-25(34)24(16(2)27(30,31)32)19-8-10-20(28)11-9-19/h5,8-12,15-16,18,21,24H,3-4,6-7,13-14H2,1-2H3,(H,33,34)/t16-,21?,24+/m1/s1. The quantitative estimate of drug-likeness (QED) is 0.232. The number of carbonyl (C=O) groups is 2. The van der Waals surface area contributed by atoms with Crippen molar-refractivity contribution in [1.82, 2.24) is 0 Å². The lowest BCUT2D eigenvalue weighted by Crippen LogP contribution is -2.34. The van der Waals surface area contributed by atoms with Crippen LogP contribution in [-0.2, 0) is 20.7 Å². The lowest BCUT2D eigenvalue weighted by Gasteiger charge is -2.26. The molecule has 196 valence electrons. The molecule has 9 heteroatoms. The van der Waals surface area contributed by atoms with Crippen molar-refractivity contribution in [2.75, 3.05) is 11.9 Å². The van der Waals surface area contributed by atoms with Gasteiger partial charge in [0.25, 0.3) is 0 Å². The van der Waals surface area contributed by atoms with Gasteiger partial charge in [-0.05, 0) is 67.0 Å². The second-order valence-corrected chi connectivity index (χ2v) is 10.2. The van der Waals surface area contributed by atoms with Crippen molar-refractivity contribution in [3.63, 3.8) is 0 Å². The fourth-order valence-electron chi connectivity index (χ4n) is 4.15. The number of alkyl halides is 3. The summed E-state index contributed by atoms with van der Waals surface area (Å²) in [6.07, 6.45) is -0.583. The van der Waals surface area contributed by atoms with Crippen LogP contribution in [0, 0.1) is 17.8 Å². The summed E-state index contributed by atoms with van der Waals surface area (Å²) in [5, 5.41) is 3.13. The molecule has 0 bridgehead atoms. The Labute approximate surface area is 219 Å². The van der Waals surface area contributed by atoms with Gasteiger partial charge in [-0.2, -0.15) is 13.2 Å². The Bertz CT molecular complexity index is 1060. The molecule has 1 fully saturated rings. The summed E-state index contributed by atoms with van der Waals surface area (Å²) in [5.74, 6) is -4.59. The molecule has 1 saturated carbocycles. The topological polar surface area (TPSA) is 55.4 Å². The number of benzene rings is 2. The highest BCUT2D eigenvalue weighted by Crippen LogP contribution is 2.41. The van der Waals surface area contributed by atoms with Crippen molar-refractivity contribution in [3.05, 3.63) is 63.6 Å². The third-order valence-electron chi connectivity index (χ3n) is 6.51. The highest BCUT2D eigenvalue weighted by Gasteiger charge is 2.45. The zero-order chi connectivity index (χ0) is 26.5. The van der Waals surface area contributed by atoms with E-state index >= 15 is 0 Å². The van der Waals surface area contributed by atoms with Gasteiger partial charge in [-0.1, -0.05) is 61.7 Å². The van der Waals surface area contributed by atoms with Crippen molar-refractivity contribution in [2.24, 2.45) is 17.8 Å². The molecule has 0 aliphatic heterocycles. The number of amides is 1. The minimum absolute atomic E-state index is 0.190. The third kappa shape index (κ3) is 7.62. The van der Waals surface area contributed by atoms with Gasteiger partial charge in [0.05, 0.1) is 35.1 Å². The molecule has 1 N–H and O–H groups in total. The van der Waals surface area contributed by atoms with Crippen LogP contribution >= 0.6 is 23.2 Å². The van der Waals surface area contributed by atoms with Crippen LogP contribution in [0.3, 0.4) is 0 Å². The molecule has 1 aliphatic carbocycles. The molecule has 0 radical (unpaired) electrons. The van der Waals surface area contributed by atoms with E-state index in [1.54, 1.807) is 18.2 Å². The smallest absolute Gasteiger partial charge is 0.392 e. The Balaban J connectivity index is 1.81. The first-order valence-electron chi connectivity index (χ1n) is 12.1. The number of halogens is 5. The number of ether oxygens (including phenoxy) is 1. The second-order valence-electron chi connectivity index (χ2n) is 9.33. The molecular weight excluding hydrogens is 514 g/mol. The maximum atomic E-state index is 13.6. The predicted molar refractivity (Wildman–Crippen MR) is 135 cm³/mol. The molecule has 1 aliphatic rings. The molecule has 3 atom stereocenters. The Morgan fingerprint density at radius 1 is 1.11 bits per heavy atom. The monoisotopic (exact) mass is 543 g/mol. The van der Waals surface area contributed by atoms with Crippen molar-refractivity contribution >= 4 is 40.8 Å². The van der Waals surface area contributed by atoms with Crippen molar-refractivity contribution in [1.29, 1.82) is 0 Å². The highest BCUT2D eigenvalue weighted by atomic mass is 35.5. The molecule has 0 aromatic heterocycles. The van der Waals surface area contributed by atoms with E-state index in [9.17, 15) is 22.8 Å². The zero-order valence-electron chi connectivity index (χ0n) is 20.2. The van der Waals surface area contributed by atoms with Gasteiger partial charge in [0.1, 0.15) is 0 Å². The van der Waals surface area contributed by atoms with Crippen LogP contribution in [0.25, 0.3) is 0 Å². The first-order valence-corrected chi connectivity index (χ1v) is 12.8. The minimum Gasteiger partial charge on any atom is -0.465 e. The number of anilines is 1. The van der Waals surface area contributed by atoms with E-state index in [-0.39, 0.29) is 34.1 Å². The lowest BCUT2D eigenvalue weighted by atomic mass is 9.85. The van der Waals surface area contributed by atoms with Crippen molar-refractivity contribution in [2.45, 2.75) is 58.0 Å². The Morgan fingerprint density at radius 2 is 1.78 bits per heavy atom. The average molecular weight is 544 g/mol. The van der Waals surface area contributed by atoms with Crippen LogP contribution < -0.4 is 5.32 Å². The largest absolute Gasteiger partial charge is 0.465 e. The van der Waals surface area contributed by atoms with Gasteiger partial charge >= 0.3 is 12.1 Å². The molecule has 1 unspecified atom stereocenters. The van der Waals surface area contributed by atoms with Gasteiger partial charge in [-0.3, -0.25) is 9.59 Å². The number of rotatable bonds is 11. The van der Waals surface area contributed by atoms with E-state index in [4.69, 9.17) is 27.9 Å². The summed E-state index contributed by atoms with van der Waals surface area (Å²) in [4.78, 5) is 25.8. The van der Waals surface area contributed by atoms with Crippen LogP contribution in [0.4, 0.5) is 18.9 Å². The normalized spacial score (nSPS) is 16.2. The van der Waals surface area contributed by atoms with E-state index in [1.165, 1.54) is 24.3 Å². The zero-order valence-corrected chi connectivity index (χ0v) is 21.7. The molecule has 0 heterocycles. The number of nitrogens with one attached hydrogen (secondary N) is 1. The maximum absolute atomic E-state index is 13.6. The van der Waals surface area contributed by atoms with Crippen molar-refractivity contribution in [3.8, 4) is 0 Å². The summed E-state index contributed by atoms with van der Waals surface area (Å²) in [6, 6.07) is 10.7. The molecule has 3 rings (SSSR count). The first kappa shape index (κ1) is 28.3. The molecule has 4 nitrogen and oxygen atoms in total. The van der Waals surface area contributed by atoms with Gasteiger partial charge < -0.3 is 10.1 Å². The van der Waals surface area contributed by atoms with Crippen LogP contribution in [0.15, 0.2) is 42.5 Å². The number of esters is 1. The summed E-state index contributed by atoms with van der Waals surface area (Å²) in [6.45, 7) is 3.37. The van der Waals surface area contributed by atoms with Gasteiger partial charge in [0, 0.05) is 5.02 Å². The Morgan fingerprint density at radius 3 is 2.36 bits per heavy atom. The Kier molecular flexibility index (Phi) is 9.70. The van der Waals surface area contributed by atoms with Gasteiger partial charge in [-0.15, -0.1) is 0 Å². The summed E-state index contributed by atoms with van der Waals surface area (Å²) >= 11 is 12.2. The summed E-state index contributed by atoms with van der Waals surface area (Å²) in [7, 11) is 0. The van der Waals surface area contributed by atoms with Crippen LogP contribution in [-0.4, -0.2) is 24.7 Å². The van der Waals surface area contributed by atoms with Crippen LogP contribution in [0.2, 0.25) is 10.0 Å². The number of hydrogen-bond acceptors (Lipinski definition) is 3. The second kappa shape index (κ2) is 12.3. The fourth-order valence-corrected chi connectivity index (χ4v) is 4.44. The van der Waals surface area contributed by atoms with Gasteiger partial charge in [0.15, 0.2) is 0 Å². The van der Waals surface area contributed by atoms with Crippen LogP contribution in [0.1, 0.15) is 56.6 Å². The molecule has 1 amide bonds.